The third kappa shape index (κ3) is 14.3. The van der Waals surface area contributed by atoms with Crippen molar-refractivity contribution in [3.8, 4) is 12.0 Å². The molecule has 3 nitrogen and oxygen atoms in total. The maximum absolute atomic E-state index is 6.65. The molecule has 0 bridgehead atoms. The minimum atomic E-state index is -0.439. The van der Waals surface area contributed by atoms with Crippen molar-refractivity contribution in [3.05, 3.63) is 0 Å². The molecule has 3 heteroatoms. The first-order valence-corrected chi connectivity index (χ1v) is 16.4. The van der Waals surface area contributed by atoms with E-state index in [0.717, 1.165) is 38.5 Å². The Labute approximate surface area is 224 Å². The zero-order chi connectivity index (χ0) is 24.9. The van der Waals surface area contributed by atoms with Gasteiger partial charge >= 0.3 is 0 Å². The van der Waals surface area contributed by atoms with Crippen molar-refractivity contribution in [2.45, 2.75) is 198 Å². The molecule has 3 rings (SSSR count). The molecular formula is C33H58O3. The molecule has 0 saturated heterocycles. The quantitative estimate of drug-likeness (QED) is 0.276. The summed E-state index contributed by atoms with van der Waals surface area (Å²) in [4.78, 5) is 0. The zero-order valence-electron chi connectivity index (χ0n) is 23.6. The Morgan fingerprint density at radius 2 is 0.639 bits per heavy atom. The first-order valence-electron chi connectivity index (χ1n) is 16.4. The van der Waals surface area contributed by atoms with Crippen molar-refractivity contribution in [2.75, 3.05) is 0 Å². The minimum Gasteiger partial charge on any atom is -0.443 e. The molecule has 0 spiro atoms. The second kappa shape index (κ2) is 20.3. The average Bonchev–Trinajstić information content (AvgIpc) is 2.90. The lowest BCUT2D eigenvalue weighted by Gasteiger charge is -2.27. The van der Waals surface area contributed by atoms with E-state index in [-0.39, 0.29) is 18.3 Å². The number of ether oxygens (including phenoxy) is 3. The summed E-state index contributed by atoms with van der Waals surface area (Å²) in [6.07, 6.45) is 38.5. The molecule has 0 atom stereocenters. The highest BCUT2D eigenvalue weighted by Crippen LogP contribution is 2.24. The molecule has 3 aliphatic rings. The monoisotopic (exact) mass is 502 g/mol. The largest absolute Gasteiger partial charge is 0.443 e. The van der Waals surface area contributed by atoms with Gasteiger partial charge in [-0.2, -0.15) is 0 Å². The summed E-state index contributed by atoms with van der Waals surface area (Å²) >= 11 is 0. The molecular weight excluding hydrogens is 444 g/mol. The Bertz CT molecular complexity index is 521. The molecule has 0 aliphatic heterocycles. The van der Waals surface area contributed by atoms with E-state index in [2.05, 4.69) is 12.0 Å². The lowest BCUT2D eigenvalue weighted by Crippen LogP contribution is -2.29. The fourth-order valence-electron chi connectivity index (χ4n) is 6.32. The lowest BCUT2D eigenvalue weighted by molar-refractivity contribution is -0.169. The van der Waals surface area contributed by atoms with Gasteiger partial charge < -0.3 is 14.2 Å². The van der Waals surface area contributed by atoms with Crippen molar-refractivity contribution < 1.29 is 14.2 Å². The van der Waals surface area contributed by atoms with Gasteiger partial charge in [0.1, 0.15) is 12.2 Å². The van der Waals surface area contributed by atoms with Crippen molar-refractivity contribution >= 4 is 0 Å². The Morgan fingerprint density at radius 1 is 0.361 bits per heavy atom. The third-order valence-electron chi connectivity index (χ3n) is 8.69. The van der Waals surface area contributed by atoms with Crippen molar-refractivity contribution in [2.24, 2.45) is 0 Å². The van der Waals surface area contributed by atoms with Crippen LogP contribution in [0, 0.1) is 12.0 Å². The standard InChI is InChI=1S/C33H58O3/c1-4-10-16-22-30(23-17-11-5-1)34-29-28-33(35-31-24-18-12-6-2-7-13-19-25-31)36-32-26-20-14-8-3-9-15-21-27-32/h30-33H,1-27H2. The Kier molecular flexibility index (Phi) is 16.8. The van der Waals surface area contributed by atoms with Gasteiger partial charge in [-0.15, -0.1) is 0 Å². The molecule has 3 saturated carbocycles. The van der Waals surface area contributed by atoms with E-state index in [0.29, 0.717) is 0 Å². The zero-order valence-corrected chi connectivity index (χ0v) is 23.6. The van der Waals surface area contributed by atoms with Crippen LogP contribution in [0.2, 0.25) is 0 Å². The van der Waals surface area contributed by atoms with Crippen LogP contribution in [0.1, 0.15) is 173 Å². The van der Waals surface area contributed by atoms with E-state index in [1.54, 1.807) is 0 Å². The van der Waals surface area contributed by atoms with Crippen LogP contribution in [0.4, 0.5) is 0 Å². The highest BCUT2D eigenvalue weighted by Gasteiger charge is 2.21. The number of hydrogen-bond donors (Lipinski definition) is 0. The van der Waals surface area contributed by atoms with Gasteiger partial charge in [-0.3, -0.25) is 0 Å². The van der Waals surface area contributed by atoms with Gasteiger partial charge in [-0.25, -0.2) is 0 Å². The number of hydrogen-bond acceptors (Lipinski definition) is 3. The summed E-state index contributed by atoms with van der Waals surface area (Å²) in [5.41, 5.74) is 0. The van der Waals surface area contributed by atoms with E-state index in [1.165, 1.54) is 135 Å². The fraction of sp³-hybridized carbons (Fsp3) is 0.939. The molecule has 0 N–H and O–H groups in total. The maximum atomic E-state index is 6.65. The molecule has 0 aromatic rings. The first-order chi connectivity index (χ1) is 17.9. The Hall–Kier alpha value is -0.720. The van der Waals surface area contributed by atoms with Gasteiger partial charge in [0.2, 0.25) is 6.29 Å². The molecule has 0 aromatic heterocycles. The smallest absolute Gasteiger partial charge is 0.226 e. The molecule has 36 heavy (non-hydrogen) atoms. The van der Waals surface area contributed by atoms with Crippen LogP contribution in [-0.4, -0.2) is 24.6 Å². The Balaban J connectivity index is 1.59. The van der Waals surface area contributed by atoms with Crippen molar-refractivity contribution in [1.82, 2.24) is 0 Å². The van der Waals surface area contributed by atoms with Gasteiger partial charge in [0, 0.05) is 5.92 Å². The molecule has 3 fully saturated rings. The molecule has 0 radical (unpaired) electrons. The highest BCUT2D eigenvalue weighted by atomic mass is 16.7. The van der Waals surface area contributed by atoms with Gasteiger partial charge in [-0.1, -0.05) is 122 Å². The predicted octanol–water partition coefficient (Wildman–Crippen LogP) is 10.0. The average molecular weight is 503 g/mol. The molecule has 0 heterocycles. The van der Waals surface area contributed by atoms with Crippen LogP contribution in [0.15, 0.2) is 0 Å². The maximum Gasteiger partial charge on any atom is 0.226 e. The van der Waals surface area contributed by atoms with Gasteiger partial charge in [0.05, 0.1) is 12.2 Å². The first kappa shape index (κ1) is 29.8. The van der Waals surface area contributed by atoms with Crippen LogP contribution in [0.5, 0.6) is 0 Å². The summed E-state index contributed by atoms with van der Waals surface area (Å²) in [7, 11) is 0. The van der Waals surface area contributed by atoms with E-state index in [4.69, 9.17) is 14.2 Å². The molecule has 3 aliphatic carbocycles. The Morgan fingerprint density at radius 3 is 0.972 bits per heavy atom. The van der Waals surface area contributed by atoms with Crippen LogP contribution >= 0.6 is 0 Å². The molecule has 0 unspecified atom stereocenters. The van der Waals surface area contributed by atoms with Gasteiger partial charge in [-0.05, 0) is 51.4 Å². The molecule has 0 amide bonds. The van der Waals surface area contributed by atoms with Crippen molar-refractivity contribution in [1.29, 1.82) is 0 Å². The normalized spacial score (nSPS) is 24.4. The highest BCUT2D eigenvalue weighted by molar-refractivity contribution is 4.97. The molecule has 208 valence electrons. The molecule has 0 aromatic carbocycles. The summed E-state index contributed by atoms with van der Waals surface area (Å²) in [6.45, 7) is 0. The third-order valence-corrected chi connectivity index (χ3v) is 8.69. The van der Waals surface area contributed by atoms with Crippen LogP contribution in [0.3, 0.4) is 0 Å². The fourth-order valence-corrected chi connectivity index (χ4v) is 6.32. The summed E-state index contributed by atoms with van der Waals surface area (Å²) in [6, 6.07) is 0. The van der Waals surface area contributed by atoms with Gasteiger partial charge in [0.15, 0.2) is 0 Å². The number of rotatable bonds is 5. The lowest BCUT2D eigenvalue weighted by atomic mass is 9.99. The van der Waals surface area contributed by atoms with Crippen LogP contribution in [-0.2, 0) is 14.2 Å². The minimum absolute atomic E-state index is 0.274. The topological polar surface area (TPSA) is 27.7 Å². The SMILES string of the molecule is C(#CC(OC1CCCCCCCCC1)OC1CCCCCCCCC1)OC1CCCCCCCCC1. The van der Waals surface area contributed by atoms with E-state index in [9.17, 15) is 0 Å². The van der Waals surface area contributed by atoms with E-state index >= 15 is 0 Å². The summed E-state index contributed by atoms with van der Waals surface area (Å²) in [5.74, 6) is 3.34. The second-order valence-corrected chi connectivity index (χ2v) is 12.0. The van der Waals surface area contributed by atoms with E-state index < -0.39 is 6.29 Å². The van der Waals surface area contributed by atoms with E-state index in [1.807, 2.05) is 0 Å². The summed E-state index contributed by atoms with van der Waals surface area (Å²) in [5, 5.41) is 0. The van der Waals surface area contributed by atoms with Crippen molar-refractivity contribution in [3.63, 3.8) is 0 Å². The second-order valence-electron chi connectivity index (χ2n) is 12.0. The van der Waals surface area contributed by atoms with Crippen LogP contribution in [0.25, 0.3) is 0 Å². The van der Waals surface area contributed by atoms with Crippen LogP contribution < -0.4 is 0 Å². The van der Waals surface area contributed by atoms with Gasteiger partial charge in [0.25, 0.3) is 0 Å². The predicted molar refractivity (Wildman–Crippen MR) is 151 cm³/mol. The summed E-state index contributed by atoms with van der Waals surface area (Å²) < 4.78 is 19.5.